The normalized spacial score (nSPS) is 13.2. The number of halogens is 1. The van der Waals surface area contributed by atoms with Gasteiger partial charge in [-0.3, -0.25) is 4.68 Å². The number of phenols is 1. The van der Waals surface area contributed by atoms with Crippen LogP contribution in [0.4, 0.5) is 4.39 Å². The molecule has 2 aromatic rings. The third-order valence-corrected chi connectivity index (χ3v) is 3.12. The Kier molecular flexibility index (Phi) is 2.93. The van der Waals surface area contributed by atoms with E-state index in [9.17, 15) is 14.3 Å². The Hall–Kier alpha value is -2.77. The molecule has 0 saturated carbocycles. The second kappa shape index (κ2) is 4.65. The first-order chi connectivity index (χ1) is 9.99. The minimum atomic E-state index is -1.21. The third-order valence-electron chi connectivity index (χ3n) is 3.12. The summed E-state index contributed by atoms with van der Waals surface area (Å²) in [5, 5.41) is 22.7. The van der Waals surface area contributed by atoms with Crippen LogP contribution in [0.2, 0.25) is 0 Å². The van der Waals surface area contributed by atoms with Crippen molar-refractivity contribution in [3.8, 4) is 28.5 Å². The van der Waals surface area contributed by atoms with Gasteiger partial charge in [-0.1, -0.05) is 0 Å². The second-order valence-electron chi connectivity index (χ2n) is 4.45. The summed E-state index contributed by atoms with van der Waals surface area (Å²) < 4.78 is 25.8. The van der Waals surface area contributed by atoms with Gasteiger partial charge in [-0.2, -0.15) is 9.49 Å². The summed E-state index contributed by atoms with van der Waals surface area (Å²) in [7, 11) is 1.50. The van der Waals surface area contributed by atoms with Crippen LogP contribution in [0.5, 0.6) is 17.2 Å². The van der Waals surface area contributed by atoms with Crippen molar-refractivity contribution in [2.75, 3.05) is 13.2 Å². The van der Waals surface area contributed by atoms with Crippen LogP contribution in [-0.2, 0) is 7.05 Å². The lowest BCUT2D eigenvalue weighted by Crippen LogP contribution is -2.16. The predicted octanol–water partition coefficient (Wildman–Crippen LogP) is 1.40. The molecule has 7 nitrogen and oxygen atoms in total. The minimum Gasteiger partial charge on any atom is -0.504 e. The SMILES string of the molecule is Cn1nc(C(=O)O)cc1-c1cc2c(c(F)c1O)OCCO2. The van der Waals surface area contributed by atoms with Crippen LogP contribution in [0.25, 0.3) is 11.3 Å². The van der Waals surface area contributed by atoms with Crippen LogP contribution >= 0.6 is 0 Å². The molecule has 1 aromatic carbocycles. The topological polar surface area (TPSA) is 93.8 Å². The number of aromatic nitrogens is 2. The second-order valence-corrected chi connectivity index (χ2v) is 4.45. The van der Waals surface area contributed by atoms with Gasteiger partial charge in [-0.15, -0.1) is 0 Å². The van der Waals surface area contributed by atoms with Gasteiger partial charge in [-0.05, 0) is 12.1 Å². The number of phenolic OH excluding ortho intramolecular Hbond substituents is 1. The highest BCUT2D eigenvalue weighted by Crippen LogP contribution is 2.44. The number of carbonyl (C=O) groups is 1. The Morgan fingerprint density at radius 1 is 1.38 bits per heavy atom. The molecule has 2 N–H and O–H groups in total. The van der Waals surface area contributed by atoms with Gasteiger partial charge in [0.15, 0.2) is 17.2 Å². The molecule has 2 heterocycles. The van der Waals surface area contributed by atoms with Crippen molar-refractivity contribution in [2.45, 2.75) is 0 Å². The van der Waals surface area contributed by atoms with E-state index in [0.29, 0.717) is 0 Å². The number of benzene rings is 1. The van der Waals surface area contributed by atoms with Crippen molar-refractivity contribution in [3.63, 3.8) is 0 Å². The molecule has 0 amide bonds. The van der Waals surface area contributed by atoms with Crippen LogP contribution in [0.3, 0.4) is 0 Å². The first kappa shape index (κ1) is 13.2. The average molecular weight is 294 g/mol. The lowest BCUT2D eigenvalue weighted by Gasteiger charge is -2.20. The van der Waals surface area contributed by atoms with E-state index in [-0.39, 0.29) is 41.7 Å². The van der Waals surface area contributed by atoms with Gasteiger partial charge in [0.1, 0.15) is 13.2 Å². The fourth-order valence-corrected chi connectivity index (χ4v) is 2.16. The summed E-state index contributed by atoms with van der Waals surface area (Å²) in [4.78, 5) is 10.9. The molecule has 0 saturated heterocycles. The molecule has 1 aromatic heterocycles. The summed E-state index contributed by atoms with van der Waals surface area (Å²) in [6.07, 6.45) is 0. The van der Waals surface area contributed by atoms with E-state index in [2.05, 4.69) is 5.10 Å². The number of aromatic carboxylic acids is 1. The van der Waals surface area contributed by atoms with Gasteiger partial charge < -0.3 is 19.7 Å². The minimum absolute atomic E-state index is 0.0826. The van der Waals surface area contributed by atoms with Crippen LogP contribution < -0.4 is 9.47 Å². The molecule has 21 heavy (non-hydrogen) atoms. The highest BCUT2D eigenvalue weighted by Gasteiger charge is 2.25. The maximum Gasteiger partial charge on any atom is 0.356 e. The molecule has 0 spiro atoms. The summed E-state index contributed by atoms with van der Waals surface area (Å²) in [6, 6.07) is 2.64. The highest BCUT2D eigenvalue weighted by molar-refractivity contribution is 5.87. The molecule has 110 valence electrons. The van der Waals surface area contributed by atoms with Crippen molar-refractivity contribution in [1.82, 2.24) is 9.78 Å². The third kappa shape index (κ3) is 2.04. The quantitative estimate of drug-likeness (QED) is 0.869. The van der Waals surface area contributed by atoms with Crippen molar-refractivity contribution >= 4 is 5.97 Å². The lowest BCUT2D eigenvalue weighted by molar-refractivity contribution is 0.0689. The number of nitrogens with zero attached hydrogens (tertiary/aromatic N) is 2. The molecule has 1 aliphatic heterocycles. The molecule has 0 atom stereocenters. The largest absolute Gasteiger partial charge is 0.504 e. The number of carboxylic acids is 1. The molecule has 1 aliphatic rings. The van der Waals surface area contributed by atoms with Crippen LogP contribution in [0.15, 0.2) is 12.1 Å². The molecule has 3 rings (SSSR count). The standard InChI is InChI=1S/C13H11FN2O5/c1-16-8(5-7(15-16)13(18)19)6-4-9-12(10(14)11(6)17)21-3-2-20-9/h4-5,17H,2-3H2,1H3,(H,18,19). The number of hydrogen-bond donors (Lipinski definition) is 2. The first-order valence-electron chi connectivity index (χ1n) is 6.08. The molecule has 0 bridgehead atoms. The van der Waals surface area contributed by atoms with E-state index >= 15 is 0 Å². The molecular weight excluding hydrogens is 283 g/mol. The van der Waals surface area contributed by atoms with Gasteiger partial charge in [0, 0.05) is 12.6 Å². The Morgan fingerprint density at radius 2 is 2.10 bits per heavy atom. The fraction of sp³-hybridized carbons (Fsp3) is 0.231. The van der Waals surface area contributed by atoms with Crippen molar-refractivity contribution in [1.29, 1.82) is 0 Å². The van der Waals surface area contributed by atoms with Crippen molar-refractivity contribution in [3.05, 3.63) is 23.6 Å². The molecule has 0 radical (unpaired) electrons. The van der Waals surface area contributed by atoms with E-state index in [0.717, 1.165) is 0 Å². The number of hydrogen-bond acceptors (Lipinski definition) is 5. The van der Waals surface area contributed by atoms with E-state index in [4.69, 9.17) is 14.6 Å². The number of aryl methyl sites for hydroxylation is 1. The zero-order chi connectivity index (χ0) is 15.1. The molecule has 0 aliphatic carbocycles. The van der Waals surface area contributed by atoms with Crippen LogP contribution in [-0.4, -0.2) is 39.2 Å². The molecule has 0 unspecified atom stereocenters. The summed E-state index contributed by atoms with van der Waals surface area (Å²) >= 11 is 0. The van der Waals surface area contributed by atoms with Gasteiger partial charge in [0.25, 0.3) is 0 Å². The van der Waals surface area contributed by atoms with Crippen molar-refractivity contribution in [2.24, 2.45) is 7.05 Å². The summed E-state index contributed by atoms with van der Waals surface area (Å²) in [6.45, 7) is 0.458. The fourth-order valence-electron chi connectivity index (χ4n) is 2.16. The summed E-state index contributed by atoms with van der Waals surface area (Å²) in [5.41, 5.74) is 0.127. The van der Waals surface area contributed by atoms with E-state index in [1.807, 2.05) is 0 Å². The zero-order valence-corrected chi connectivity index (χ0v) is 11.0. The lowest BCUT2D eigenvalue weighted by atomic mass is 10.1. The predicted molar refractivity (Wildman–Crippen MR) is 68.2 cm³/mol. The Balaban J connectivity index is 2.19. The Bertz CT molecular complexity index is 741. The van der Waals surface area contributed by atoms with E-state index in [1.54, 1.807) is 0 Å². The zero-order valence-electron chi connectivity index (χ0n) is 11.0. The number of carboxylic acid groups (broad SMARTS) is 1. The number of rotatable bonds is 2. The van der Waals surface area contributed by atoms with Gasteiger partial charge in [-0.25, -0.2) is 4.79 Å². The molecule has 8 heteroatoms. The first-order valence-corrected chi connectivity index (χ1v) is 6.08. The maximum absolute atomic E-state index is 14.1. The Morgan fingerprint density at radius 3 is 2.76 bits per heavy atom. The average Bonchev–Trinajstić information content (AvgIpc) is 2.85. The van der Waals surface area contributed by atoms with Crippen LogP contribution in [0.1, 0.15) is 10.5 Å². The smallest absolute Gasteiger partial charge is 0.356 e. The Labute approximate surface area is 118 Å². The van der Waals surface area contributed by atoms with Crippen LogP contribution in [0, 0.1) is 5.82 Å². The highest BCUT2D eigenvalue weighted by atomic mass is 19.1. The van der Waals surface area contributed by atoms with E-state index < -0.39 is 17.5 Å². The van der Waals surface area contributed by atoms with Crippen molar-refractivity contribution < 1.29 is 28.9 Å². The number of aromatic hydroxyl groups is 1. The molecular formula is C13H11FN2O5. The maximum atomic E-state index is 14.1. The number of ether oxygens (including phenoxy) is 2. The van der Waals surface area contributed by atoms with Gasteiger partial charge in [0.05, 0.1) is 5.69 Å². The van der Waals surface area contributed by atoms with Gasteiger partial charge in [0.2, 0.25) is 11.6 Å². The monoisotopic (exact) mass is 294 g/mol. The number of fused-ring (bicyclic) bond motifs is 1. The molecule has 0 fully saturated rings. The van der Waals surface area contributed by atoms with E-state index in [1.165, 1.54) is 23.9 Å². The van der Waals surface area contributed by atoms with Gasteiger partial charge >= 0.3 is 5.97 Å². The summed E-state index contributed by atoms with van der Waals surface area (Å²) in [5.74, 6) is -2.79.